The van der Waals surface area contributed by atoms with Gasteiger partial charge in [0.05, 0.1) is 13.0 Å². The second-order valence-corrected chi connectivity index (χ2v) is 3.95. The Morgan fingerprint density at radius 3 is 2.62 bits per heavy atom. The molecule has 1 aromatic carbocycles. The highest BCUT2D eigenvalue weighted by Gasteiger charge is 2.23. The minimum absolute atomic E-state index is 0.417. The number of benzene rings is 1. The molecule has 0 radical (unpaired) electrons. The lowest BCUT2D eigenvalue weighted by Gasteiger charge is -2.18. The first-order valence-electron chi connectivity index (χ1n) is 4.79. The normalized spacial score (nSPS) is 14.2. The molecular weight excluding hydrogens is 230 g/mol. The van der Waals surface area contributed by atoms with Gasteiger partial charge >= 0.3 is 5.97 Å². The summed E-state index contributed by atoms with van der Waals surface area (Å²) in [4.78, 5) is 10.8. The van der Waals surface area contributed by atoms with Gasteiger partial charge in [0.2, 0.25) is 0 Å². The van der Waals surface area contributed by atoms with Crippen molar-refractivity contribution in [3.63, 3.8) is 0 Å². The smallest absolute Gasteiger partial charge is 0.308 e. The molecule has 5 heteroatoms. The molecule has 4 nitrogen and oxygen atoms in total. The fourth-order valence-corrected chi connectivity index (χ4v) is 1.62. The first kappa shape index (κ1) is 12.8. The monoisotopic (exact) mass is 243 g/mol. The number of carbonyl (C=O) groups is 1. The van der Waals surface area contributed by atoms with Crippen molar-refractivity contribution in [1.82, 2.24) is 0 Å². The number of carboxylic acid groups (broad SMARTS) is 1. The standard InChI is InChI=1S/C11H14ClNO3/c1-6(11(14)15)10(13)8-4-3-7(16-2)5-9(8)12/h3-6,10H,13H2,1-2H3,(H,14,15). The Balaban J connectivity index is 3.00. The van der Waals surface area contributed by atoms with Gasteiger partial charge in [0.15, 0.2) is 0 Å². The number of rotatable bonds is 4. The van der Waals surface area contributed by atoms with Gasteiger partial charge in [0.25, 0.3) is 0 Å². The van der Waals surface area contributed by atoms with Gasteiger partial charge < -0.3 is 15.6 Å². The fraction of sp³-hybridized carbons (Fsp3) is 0.364. The zero-order valence-electron chi connectivity index (χ0n) is 9.11. The molecule has 0 aromatic heterocycles. The second-order valence-electron chi connectivity index (χ2n) is 3.54. The van der Waals surface area contributed by atoms with Crippen molar-refractivity contribution in [2.45, 2.75) is 13.0 Å². The molecule has 1 rings (SSSR count). The average molecular weight is 244 g/mol. The molecule has 3 N–H and O–H groups in total. The van der Waals surface area contributed by atoms with E-state index in [1.165, 1.54) is 7.11 Å². The molecule has 0 amide bonds. The van der Waals surface area contributed by atoms with E-state index in [2.05, 4.69) is 0 Å². The third-order valence-electron chi connectivity index (χ3n) is 2.49. The van der Waals surface area contributed by atoms with Crippen LogP contribution >= 0.6 is 11.6 Å². The maximum atomic E-state index is 10.8. The Bertz CT molecular complexity index is 395. The van der Waals surface area contributed by atoms with Crippen molar-refractivity contribution in [2.24, 2.45) is 11.7 Å². The number of methoxy groups -OCH3 is 1. The molecule has 2 atom stereocenters. The highest BCUT2D eigenvalue weighted by Crippen LogP contribution is 2.29. The number of hydrogen-bond acceptors (Lipinski definition) is 3. The van der Waals surface area contributed by atoms with E-state index in [1.807, 2.05) is 0 Å². The SMILES string of the molecule is COc1ccc(C(N)C(C)C(=O)O)c(Cl)c1. The van der Waals surface area contributed by atoms with Crippen molar-refractivity contribution in [3.05, 3.63) is 28.8 Å². The molecule has 0 aliphatic carbocycles. The van der Waals surface area contributed by atoms with Crippen molar-refractivity contribution >= 4 is 17.6 Å². The molecule has 0 spiro atoms. The van der Waals surface area contributed by atoms with Gasteiger partial charge in [-0.15, -0.1) is 0 Å². The summed E-state index contributed by atoms with van der Waals surface area (Å²) in [7, 11) is 1.53. The van der Waals surface area contributed by atoms with Crippen LogP contribution in [0.25, 0.3) is 0 Å². The summed E-state index contributed by atoms with van der Waals surface area (Å²) in [6.07, 6.45) is 0. The van der Waals surface area contributed by atoms with Crippen LogP contribution in [0, 0.1) is 5.92 Å². The van der Waals surface area contributed by atoms with E-state index < -0.39 is 17.9 Å². The van der Waals surface area contributed by atoms with E-state index in [-0.39, 0.29) is 0 Å². The molecule has 0 bridgehead atoms. The van der Waals surface area contributed by atoms with Crippen molar-refractivity contribution in [1.29, 1.82) is 0 Å². The highest BCUT2D eigenvalue weighted by atomic mass is 35.5. The van der Waals surface area contributed by atoms with Crippen LogP contribution in [-0.4, -0.2) is 18.2 Å². The Kier molecular flexibility index (Phi) is 4.15. The Labute approximate surface area is 99.0 Å². The summed E-state index contributed by atoms with van der Waals surface area (Å²) >= 11 is 6.00. The van der Waals surface area contributed by atoms with E-state index in [9.17, 15) is 4.79 Å². The lowest BCUT2D eigenvalue weighted by atomic mass is 9.95. The average Bonchev–Trinajstić information content (AvgIpc) is 2.26. The molecule has 0 aliphatic rings. The maximum Gasteiger partial charge on any atom is 0.308 e. The number of ether oxygens (including phenoxy) is 1. The van der Waals surface area contributed by atoms with Gasteiger partial charge in [-0.1, -0.05) is 24.6 Å². The summed E-state index contributed by atoms with van der Waals surface area (Å²) in [5.74, 6) is -1.02. The predicted octanol–water partition coefficient (Wildman–Crippen LogP) is 2.07. The van der Waals surface area contributed by atoms with Gasteiger partial charge in [0, 0.05) is 11.1 Å². The molecule has 0 saturated heterocycles. The topological polar surface area (TPSA) is 72.5 Å². The molecule has 0 saturated carbocycles. The van der Waals surface area contributed by atoms with Gasteiger partial charge in [-0.3, -0.25) is 4.79 Å². The summed E-state index contributed by atoms with van der Waals surface area (Å²) in [5.41, 5.74) is 6.43. The van der Waals surface area contributed by atoms with Crippen LogP contribution < -0.4 is 10.5 Å². The molecule has 1 aromatic rings. The van der Waals surface area contributed by atoms with Gasteiger partial charge in [-0.2, -0.15) is 0 Å². The van der Waals surface area contributed by atoms with E-state index in [4.69, 9.17) is 27.2 Å². The summed E-state index contributed by atoms with van der Waals surface area (Å²) in [6.45, 7) is 1.55. The van der Waals surface area contributed by atoms with Crippen LogP contribution in [0.15, 0.2) is 18.2 Å². The Morgan fingerprint density at radius 1 is 1.56 bits per heavy atom. The van der Waals surface area contributed by atoms with E-state index in [1.54, 1.807) is 25.1 Å². The summed E-state index contributed by atoms with van der Waals surface area (Å²) < 4.78 is 5.00. The summed E-state index contributed by atoms with van der Waals surface area (Å²) in [6, 6.07) is 4.38. The number of nitrogens with two attached hydrogens (primary N) is 1. The number of carboxylic acids is 1. The van der Waals surface area contributed by atoms with Crippen LogP contribution in [-0.2, 0) is 4.79 Å². The van der Waals surface area contributed by atoms with Gasteiger partial charge in [0.1, 0.15) is 5.75 Å². The van der Waals surface area contributed by atoms with Crippen molar-refractivity contribution in [2.75, 3.05) is 7.11 Å². The zero-order chi connectivity index (χ0) is 12.3. The quantitative estimate of drug-likeness (QED) is 0.849. The van der Waals surface area contributed by atoms with Crippen molar-refractivity contribution < 1.29 is 14.6 Å². The third kappa shape index (κ3) is 2.65. The number of halogens is 1. The van der Waals surface area contributed by atoms with Crippen LogP contribution in [0.5, 0.6) is 5.75 Å². The molecule has 2 unspecified atom stereocenters. The fourth-order valence-electron chi connectivity index (χ4n) is 1.33. The lowest BCUT2D eigenvalue weighted by molar-refractivity contribution is -0.141. The maximum absolute atomic E-state index is 10.8. The molecule has 0 heterocycles. The van der Waals surface area contributed by atoms with E-state index in [0.717, 1.165) is 0 Å². The molecule has 0 aliphatic heterocycles. The van der Waals surface area contributed by atoms with E-state index >= 15 is 0 Å². The zero-order valence-corrected chi connectivity index (χ0v) is 9.86. The number of hydrogen-bond donors (Lipinski definition) is 2. The highest BCUT2D eigenvalue weighted by molar-refractivity contribution is 6.31. The van der Waals surface area contributed by atoms with Crippen LogP contribution in [0.3, 0.4) is 0 Å². The number of aliphatic carboxylic acids is 1. The van der Waals surface area contributed by atoms with Gasteiger partial charge in [-0.05, 0) is 17.7 Å². The first-order valence-corrected chi connectivity index (χ1v) is 5.17. The van der Waals surface area contributed by atoms with Crippen LogP contribution in [0.2, 0.25) is 5.02 Å². The van der Waals surface area contributed by atoms with E-state index in [0.29, 0.717) is 16.3 Å². The first-order chi connectivity index (χ1) is 7.47. The lowest BCUT2D eigenvalue weighted by Crippen LogP contribution is -2.25. The minimum atomic E-state index is -0.945. The van der Waals surface area contributed by atoms with Crippen molar-refractivity contribution in [3.8, 4) is 5.75 Å². The summed E-state index contributed by atoms with van der Waals surface area (Å²) in [5, 5.41) is 9.27. The van der Waals surface area contributed by atoms with Gasteiger partial charge in [-0.25, -0.2) is 0 Å². The largest absolute Gasteiger partial charge is 0.497 e. The Hall–Kier alpha value is -1.26. The molecule has 88 valence electrons. The van der Waals surface area contributed by atoms with Crippen LogP contribution in [0.1, 0.15) is 18.5 Å². The molecule has 16 heavy (non-hydrogen) atoms. The van der Waals surface area contributed by atoms with Crippen LogP contribution in [0.4, 0.5) is 0 Å². The Morgan fingerprint density at radius 2 is 2.19 bits per heavy atom. The molecule has 0 fully saturated rings. The molecular formula is C11H14ClNO3. The predicted molar refractivity (Wildman–Crippen MR) is 61.7 cm³/mol. The second kappa shape index (κ2) is 5.18. The minimum Gasteiger partial charge on any atom is -0.497 e. The third-order valence-corrected chi connectivity index (χ3v) is 2.82.